The van der Waals surface area contributed by atoms with E-state index in [1.165, 1.54) is 0 Å². The van der Waals surface area contributed by atoms with E-state index < -0.39 is 0 Å². The summed E-state index contributed by atoms with van der Waals surface area (Å²) in [5.74, 6) is 0.157. The van der Waals surface area contributed by atoms with Crippen molar-refractivity contribution in [1.82, 2.24) is 4.90 Å². The van der Waals surface area contributed by atoms with Crippen LogP contribution in [0.2, 0.25) is 0 Å². The van der Waals surface area contributed by atoms with Gasteiger partial charge in [-0.1, -0.05) is 13.0 Å². The van der Waals surface area contributed by atoms with E-state index in [4.69, 9.17) is 5.73 Å². The van der Waals surface area contributed by atoms with E-state index in [0.29, 0.717) is 11.7 Å². The predicted octanol–water partition coefficient (Wildman–Crippen LogP) is 2.20. The number of aromatic hydroxyl groups is 1. The Bertz CT molecular complexity index is 325. The summed E-state index contributed by atoms with van der Waals surface area (Å²) in [5.41, 5.74) is 7.22. The average Bonchev–Trinajstić information content (AvgIpc) is 2.22. The maximum atomic E-state index is 9.29. The molecule has 0 aliphatic carbocycles. The van der Waals surface area contributed by atoms with E-state index in [-0.39, 0.29) is 5.75 Å². The van der Waals surface area contributed by atoms with Crippen molar-refractivity contribution in [2.75, 3.05) is 12.8 Å². The number of hydrogen-bond acceptors (Lipinski definition) is 3. The minimum atomic E-state index is 0.157. The van der Waals surface area contributed by atoms with Gasteiger partial charge in [0.25, 0.3) is 0 Å². The molecule has 0 spiro atoms. The largest absolute Gasteiger partial charge is 0.506 e. The third-order valence-electron chi connectivity index (χ3n) is 2.87. The standard InChI is InChI=1S/C12H20N2O/c1-4-9(2)14(3)8-10-5-6-12(15)11(13)7-10/h5-7,9,15H,4,8,13H2,1-3H3. The fourth-order valence-electron chi connectivity index (χ4n) is 1.46. The van der Waals surface area contributed by atoms with Crippen molar-refractivity contribution in [2.24, 2.45) is 0 Å². The first-order valence-corrected chi connectivity index (χ1v) is 5.32. The normalized spacial score (nSPS) is 13.1. The molecule has 84 valence electrons. The van der Waals surface area contributed by atoms with E-state index in [0.717, 1.165) is 18.5 Å². The van der Waals surface area contributed by atoms with Gasteiger partial charge in [0, 0.05) is 12.6 Å². The quantitative estimate of drug-likeness (QED) is 0.589. The lowest BCUT2D eigenvalue weighted by Crippen LogP contribution is -2.27. The zero-order valence-electron chi connectivity index (χ0n) is 9.70. The molecule has 0 saturated heterocycles. The molecule has 3 heteroatoms. The second-order valence-corrected chi connectivity index (χ2v) is 4.07. The van der Waals surface area contributed by atoms with Crippen molar-refractivity contribution in [2.45, 2.75) is 32.9 Å². The highest BCUT2D eigenvalue weighted by Crippen LogP contribution is 2.21. The highest BCUT2D eigenvalue weighted by atomic mass is 16.3. The van der Waals surface area contributed by atoms with Crippen molar-refractivity contribution in [3.05, 3.63) is 23.8 Å². The van der Waals surface area contributed by atoms with Crippen LogP contribution in [0.3, 0.4) is 0 Å². The molecule has 0 aromatic heterocycles. The van der Waals surface area contributed by atoms with Crippen molar-refractivity contribution < 1.29 is 5.11 Å². The van der Waals surface area contributed by atoms with Gasteiger partial charge in [-0.25, -0.2) is 0 Å². The van der Waals surface area contributed by atoms with Gasteiger partial charge in [-0.15, -0.1) is 0 Å². The molecule has 0 bridgehead atoms. The number of nitrogen functional groups attached to an aromatic ring is 1. The zero-order chi connectivity index (χ0) is 11.4. The van der Waals surface area contributed by atoms with Crippen LogP contribution in [0.5, 0.6) is 5.75 Å². The number of nitrogens with zero attached hydrogens (tertiary/aromatic N) is 1. The Hall–Kier alpha value is -1.22. The van der Waals surface area contributed by atoms with Crippen molar-refractivity contribution in [3.8, 4) is 5.75 Å². The van der Waals surface area contributed by atoms with E-state index in [1.54, 1.807) is 6.07 Å². The molecule has 0 amide bonds. The number of phenols is 1. The monoisotopic (exact) mass is 208 g/mol. The third-order valence-corrected chi connectivity index (χ3v) is 2.87. The first kappa shape index (κ1) is 11.9. The average molecular weight is 208 g/mol. The molecule has 0 aliphatic rings. The summed E-state index contributed by atoms with van der Waals surface area (Å²) in [5, 5.41) is 9.29. The predicted molar refractivity (Wildman–Crippen MR) is 63.7 cm³/mol. The highest BCUT2D eigenvalue weighted by molar-refractivity contribution is 5.53. The first-order chi connectivity index (χ1) is 7.04. The highest BCUT2D eigenvalue weighted by Gasteiger charge is 2.07. The molecule has 0 heterocycles. The topological polar surface area (TPSA) is 49.5 Å². The summed E-state index contributed by atoms with van der Waals surface area (Å²) in [6.07, 6.45) is 1.13. The molecule has 15 heavy (non-hydrogen) atoms. The summed E-state index contributed by atoms with van der Waals surface area (Å²) in [6.45, 7) is 5.23. The third kappa shape index (κ3) is 3.13. The van der Waals surface area contributed by atoms with E-state index in [1.807, 2.05) is 12.1 Å². The number of phenolic OH excluding ortho intramolecular Hbond substituents is 1. The van der Waals surface area contributed by atoms with Gasteiger partial charge in [0.1, 0.15) is 5.75 Å². The number of rotatable bonds is 4. The summed E-state index contributed by atoms with van der Waals surface area (Å²) >= 11 is 0. The Morgan fingerprint density at radius 2 is 2.13 bits per heavy atom. The zero-order valence-corrected chi connectivity index (χ0v) is 9.70. The number of benzene rings is 1. The SMILES string of the molecule is CCC(C)N(C)Cc1ccc(O)c(N)c1. The lowest BCUT2D eigenvalue weighted by molar-refractivity contribution is 0.244. The van der Waals surface area contributed by atoms with Crippen LogP contribution in [0.15, 0.2) is 18.2 Å². The van der Waals surface area contributed by atoms with Gasteiger partial charge in [0.05, 0.1) is 5.69 Å². The number of anilines is 1. The van der Waals surface area contributed by atoms with Crippen LogP contribution in [0.25, 0.3) is 0 Å². The molecular weight excluding hydrogens is 188 g/mol. The van der Waals surface area contributed by atoms with Crippen molar-refractivity contribution in [3.63, 3.8) is 0 Å². The van der Waals surface area contributed by atoms with Gasteiger partial charge >= 0.3 is 0 Å². The van der Waals surface area contributed by atoms with Crippen molar-refractivity contribution in [1.29, 1.82) is 0 Å². The minimum Gasteiger partial charge on any atom is -0.506 e. The minimum absolute atomic E-state index is 0.157. The van der Waals surface area contributed by atoms with Gasteiger partial charge in [-0.2, -0.15) is 0 Å². The smallest absolute Gasteiger partial charge is 0.138 e. The van der Waals surface area contributed by atoms with Crippen LogP contribution in [0, 0.1) is 0 Å². The summed E-state index contributed by atoms with van der Waals surface area (Å²) in [4.78, 5) is 2.27. The fraction of sp³-hybridized carbons (Fsp3) is 0.500. The van der Waals surface area contributed by atoms with Crippen LogP contribution in [0.1, 0.15) is 25.8 Å². The van der Waals surface area contributed by atoms with E-state index >= 15 is 0 Å². The Morgan fingerprint density at radius 3 is 2.67 bits per heavy atom. The van der Waals surface area contributed by atoms with Gasteiger partial charge in [0.15, 0.2) is 0 Å². The molecule has 3 N–H and O–H groups in total. The van der Waals surface area contributed by atoms with Gasteiger partial charge < -0.3 is 10.8 Å². The van der Waals surface area contributed by atoms with Crippen LogP contribution in [0.4, 0.5) is 5.69 Å². The second-order valence-electron chi connectivity index (χ2n) is 4.07. The first-order valence-electron chi connectivity index (χ1n) is 5.32. The van der Waals surface area contributed by atoms with Crippen LogP contribution in [-0.2, 0) is 6.54 Å². The fourth-order valence-corrected chi connectivity index (χ4v) is 1.46. The second kappa shape index (κ2) is 5.03. The number of hydrogen-bond donors (Lipinski definition) is 2. The van der Waals surface area contributed by atoms with Crippen LogP contribution in [-0.4, -0.2) is 23.1 Å². The summed E-state index contributed by atoms with van der Waals surface area (Å²) in [6, 6.07) is 5.94. The van der Waals surface area contributed by atoms with Crippen LogP contribution >= 0.6 is 0 Å². The lowest BCUT2D eigenvalue weighted by Gasteiger charge is -2.23. The Labute approximate surface area is 91.5 Å². The van der Waals surface area contributed by atoms with Gasteiger partial charge in [0.2, 0.25) is 0 Å². The van der Waals surface area contributed by atoms with Crippen molar-refractivity contribution >= 4 is 5.69 Å². The van der Waals surface area contributed by atoms with E-state index in [9.17, 15) is 5.11 Å². The summed E-state index contributed by atoms with van der Waals surface area (Å²) in [7, 11) is 2.09. The maximum absolute atomic E-state index is 9.29. The molecule has 1 aromatic carbocycles. The Balaban J connectivity index is 2.68. The molecule has 1 atom stereocenters. The molecule has 1 rings (SSSR count). The molecular formula is C12H20N2O. The van der Waals surface area contributed by atoms with E-state index in [2.05, 4.69) is 25.8 Å². The molecule has 1 aromatic rings. The molecule has 0 saturated carbocycles. The molecule has 0 radical (unpaired) electrons. The molecule has 0 aliphatic heterocycles. The maximum Gasteiger partial charge on any atom is 0.138 e. The number of nitrogens with two attached hydrogens (primary N) is 1. The summed E-state index contributed by atoms with van der Waals surface area (Å²) < 4.78 is 0. The lowest BCUT2D eigenvalue weighted by atomic mass is 10.1. The van der Waals surface area contributed by atoms with Gasteiger partial charge in [-0.3, -0.25) is 4.90 Å². The molecule has 1 unspecified atom stereocenters. The van der Waals surface area contributed by atoms with Gasteiger partial charge in [-0.05, 0) is 38.1 Å². The molecule has 3 nitrogen and oxygen atoms in total. The Kier molecular flexibility index (Phi) is 3.97. The molecule has 0 fully saturated rings. The Morgan fingerprint density at radius 1 is 1.47 bits per heavy atom. The van der Waals surface area contributed by atoms with Crippen LogP contribution < -0.4 is 5.73 Å².